The molecule has 3 nitrogen and oxygen atoms in total. The van der Waals surface area contributed by atoms with Gasteiger partial charge >= 0.3 is 0 Å². The molecule has 1 N–H and O–H groups in total. The molecule has 1 aromatic heterocycles. The highest BCUT2D eigenvalue weighted by molar-refractivity contribution is 6.99. The zero-order valence-corrected chi connectivity index (χ0v) is 10.8. The van der Waals surface area contributed by atoms with Gasteiger partial charge in [-0.25, -0.2) is 0 Å². The second kappa shape index (κ2) is 5.38. The van der Waals surface area contributed by atoms with E-state index in [9.17, 15) is 5.11 Å². The van der Waals surface area contributed by atoms with Gasteiger partial charge in [0.2, 0.25) is 0 Å². The molecule has 0 aliphatic carbocycles. The van der Waals surface area contributed by atoms with Crippen LogP contribution in [-0.2, 0) is 6.42 Å². The number of hydrogen-bond donors (Lipinski definition) is 1. The Morgan fingerprint density at radius 1 is 1.24 bits per heavy atom. The summed E-state index contributed by atoms with van der Waals surface area (Å²) in [4.78, 5) is 0. The SMILES string of the molecule is CC(C)c1ccc(CC(O)c2cnsn2)cc1. The molecule has 17 heavy (non-hydrogen) atoms. The predicted octanol–water partition coefficient (Wildman–Crippen LogP) is 2.94. The molecule has 0 aliphatic rings. The lowest BCUT2D eigenvalue weighted by atomic mass is 9.99. The van der Waals surface area contributed by atoms with Crippen molar-refractivity contribution in [3.63, 3.8) is 0 Å². The van der Waals surface area contributed by atoms with Crippen molar-refractivity contribution >= 4 is 11.7 Å². The molecule has 1 aromatic carbocycles. The average molecular weight is 248 g/mol. The Hall–Kier alpha value is -1.26. The topological polar surface area (TPSA) is 46.0 Å². The van der Waals surface area contributed by atoms with Crippen LogP contribution in [0.15, 0.2) is 30.5 Å². The maximum atomic E-state index is 9.95. The lowest BCUT2D eigenvalue weighted by Gasteiger charge is -2.09. The van der Waals surface area contributed by atoms with Gasteiger partial charge in [0, 0.05) is 6.42 Å². The molecule has 0 saturated heterocycles. The Balaban J connectivity index is 2.04. The van der Waals surface area contributed by atoms with E-state index in [1.54, 1.807) is 6.20 Å². The third-order valence-electron chi connectivity index (χ3n) is 2.80. The van der Waals surface area contributed by atoms with E-state index in [4.69, 9.17) is 0 Å². The van der Waals surface area contributed by atoms with E-state index in [2.05, 4.69) is 46.9 Å². The van der Waals surface area contributed by atoms with Crippen LogP contribution in [0.4, 0.5) is 0 Å². The van der Waals surface area contributed by atoms with Crippen molar-refractivity contribution < 1.29 is 5.11 Å². The van der Waals surface area contributed by atoms with Crippen molar-refractivity contribution in [3.8, 4) is 0 Å². The maximum absolute atomic E-state index is 9.95. The second-order valence-electron chi connectivity index (χ2n) is 4.45. The summed E-state index contributed by atoms with van der Waals surface area (Å²) >= 11 is 1.12. The fraction of sp³-hybridized carbons (Fsp3) is 0.385. The Labute approximate surface area is 105 Å². The summed E-state index contributed by atoms with van der Waals surface area (Å²) in [5, 5.41) is 9.95. The van der Waals surface area contributed by atoms with Gasteiger partial charge in [0.15, 0.2) is 0 Å². The summed E-state index contributed by atoms with van der Waals surface area (Å²) in [6.45, 7) is 4.34. The molecule has 0 saturated carbocycles. The number of nitrogens with zero attached hydrogens (tertiary/aromatic N) is 2. The van der Waals surface area contributed by atoms with Crippen molar-refractivity contribution in [2.24, 2.45) is 0 Å². The van der Waals surface area contributed by atoms with Crippen molar-refractivity contribution in [2.75, 3.05) is 0 Å². The molecular formula is C13H16N2OS. The summed E-state index contributed by atoms with van der Waals surface area (Å²) < 4.78 is 7.93. The molecular weight excluding hydrogens is 232 g/mol. The van der Waals surface area contributed by atoms with Crippen LogP contribution < -0.4 is 0 Å². The molecule has 0 aliphatic heterocycles. The van der Waals surface area contributed by atoms with Gasteiger partial charge in [-0.2, -0.15) is 8.75 Å². The summed E-state index contributed by atoms with van der Waals surface area (Å²) in [6, 6.07) is 8.37. The molecule has 0 amide bonds. The standard InChI is InChI=1S/C13H16N2OS/c1-9(2)11-5-3-10(4-6-11)7-13(16)12-8-14-17-15-12/h3-6,8-9,13,16H,7H2,1-2H3. The lowest BCUT2D eigenvalue weighted by Crippen LogP contribution is -2.02. The van der Waals surface area contributed by atoms with Crippen molar-refractivity contribution in [2.45, 2.75) is 32.3 Å². The number of aromatic nitrogens is 2. The van der Waals surface area contributed by atoms with E-state index >= 15 is 0 Å². The largest absolute Gasteiger partial charge is 0.386 e. The van der Waals surface area contributed by atoms with Crippen molar-refractivity contribution in [3.05, 3.63) is 47.3 Å². The van der Waals surface area contributed by atoms with Gasteiger partial charge in [-0.15, -0.1) is 0 Å². The Morgan fingerprint density at radius 3 is 2.47 bits per heavy atom. The van der Waals surface area contributed by atoms with Crippen LogP contribution in [0, 0.1) is 0 Å². The number of hydrogen-bond acceptors (Lipinski definition) is 4. The molecule has 4 heteroatoms. The molecule has 1 unspecified atom stereocenters. The molecule has 1 atom stereocenters. The van der Waals surface area contributed by atoms with Crippen molar-refractivity contribution in [1.82, 2.24) is 8.75 Å². The van der Waals surface area contributed by atoms with E-state index in [1.807, 2.05) is 0 Å². The molecule has 1 heterocycles. The molecule has 2 rings (SSSR count). The Bertz CT molecular complexity index is 451. The molecule has 0 fully saturated rings. The molecule has 90 valence electrons. The second-order valence-corrected chi connectivity index (χ2v) is 5.01. The zero-order valence-electron chi connectivity index (χ0n) is 10.00. The summed E-state index contributed by atoms with van der Waals surface area (Å²) in [5.41, 5.74) is 3.09. The fourth-order valence-electron chi connectivity index (χ4n) is 1.69. The normalized spacial score (nSPS) is 12.9. The first-order chi connectivity index (χ1) is 8.16. The van der Waals surface area contributed by atoms with Gasteiger partial charge in [0.25, 0.3) is 0 Å². The van der Waals surface area contributed by atoms with E-state index in [1.165, 1.54) is 5.56 Å². The van der Waals surface area contributed by atoms with Gasteiger partial charge in [-0.3, -0.25) is 0 Å². The first-order valence-electron chi connectivity index (χ1n) is 5.71. The van der Waals surface area contributed by atoms with E-state index in [0.29, 0.717) is 18.0 Å². The third kappa shape index (κ3) is 3.11. The fourth-order valence-corrected chi connectivity index (χ4v) is 2.15. The highest BCUT2D eigenvalue weighted by atomic mass is 32.1. The summed E-state index contributed by atoms with van der Waals surface area (Å²) in [6.07, 6.45) is 1.65. The van der Waals surface area contributed by atoms with Crippen LogP contribution in [0.5, 0.6) is 0 Å². The Kier molecular flexibility index (Phi) is 3.86. The van der Waals surface area contributed by atoms with Crippen LogP contribution >= 0.6 is 11.7 Å². The Morgan fingerprint density at radius 2 is 1.94 bits per heavy atom. The third-order valence-corrected chi connectivity index (χ3v) is 3.29. The smallest absolute Gasteiger partial charge is 0.103 e. The van der Waals surface area contributed by atoms with Crippen LogP contribution in [0.1, 0.15) is 42.7 Å². The van der Waals surface area contributed by atoms with Gasteiger partial charge in [-0.05, 0) is 17.0 Å². The van der Waals surface area contributed by atoms with Crippen LogP contribution in [0.3, 0.4) is 0 Å². The minimum Gasteiger partial charge on any atom is -0.386 e. The number of benzene rings is 1. The monoisotopic (exact) mass is 248 g/mol. The van der Waals surface area contributed by atoms with E-state index < -0.39 is 6.10 Å². The summed E-state index contributed by atoms with van der Waals surface area (Å²) in [5.74, 6) is 0.539. The molecule has 2 aromatic rings. The first-order valence-corrected chi connectivity index (χ1v) is 6.44. The van der Waals surface area contributed by atoms with Crippen molar-refractivity contribution in [1.29, 1.82) is 0 Å². The van der Waals surface area contributed by atoms with Gasteiger partial charge < -0.3 is 5.11 Å². The van der Waals surface area contributed by atoms with Crippen LogP contribution in [-0.4, -0.2) is 13.9 Å². The maximum Gasteiger partial charge on any atom is 0.103 e. The summed E-state index contributed by atoms with van der Waals surface area (Å²) in [7, 11) is 0. The molecule has 0 spiro atoms. The number of rotatable bonds is 4. The highest BCUT2D eigenvalue weighted by Gasteiger charge is 2.11. The molecule has 0 radical (unpaired) electrons. The van der Waals surface area contributed by atoms with Gasteiger partial charge in [-0.1, -0.05) is 38.1 Å². The quantitative estimate of drug-likeness (QED) is 0.905. The zero-order chi connectivity index (χ0) is 12.3. The van der Waals surface area contributed by atoms with Crippen LogP contribution in [0.25, 0.3) is 0 Å². The number of aliphatic hydroxyl groups is 1. The van der Waals surface area contributed by atoms with Gasteiger partial charge in [0.05, 0.1) is 17.9 Å². The van der Waals surface area contributed by atoms with Crippen LogP contribution in [0.2, 0.25) is 0 Å². The van der Waals surface area contributed by atoms with E-state index in [0.717, 1.165) is 17.3 Å². The predicted molar refractivity (Wildman–Crippen MR) is 69.1 cm³/mol. The highest BCUT2D eigenvalue weighted by Crippen LogP contribution is 2.19. The minimum absolute atomic E-state index is 0.539. The average Bonchev–Trinajstić information content (AvgIpc) is 2.83. The number of aliphatic hydroxyl groups excluding tert-OH is 1. The minimum atomic E-state index is -0.557. The molecule has 0 bridgehead atoms. The van der Waals surface area contributed by atoms with Gasteiger partial charge in [0.1, 0.15) is 11.8 Å². The van der Waals surface area contributed by atoms with E-state index in [-0.39, 0.29) is 0 Å². The lowest BCUT2D eigenvalue weighted by molar-refractivity contribution is 0.174. The first kappa shape index (κ1) is 12.2.